The fraction of sp³-hybridized carbons (Fsp3) is 0.625. The molecule has 1 aromatic carbocycles. The molecule has 96 valence electrons. The van der Waals surface area contributed by atoms with E-state index in [2.05, 4.69) is 28.8 Å². The van der Waals surface area contributed by atoms with Crippen molar-refractivity contribution in [1.82, 2.24) is 5.32 Å². The van der Waals surface area contributed by atoms with Crippen molar-refractivity contribution in [2.24, 2.45) is 11.8 Å². The van der Waals surface area contributed by atoms with Gasteiger partial charge in [-0.25, -0.2) is 0 Å². The molecule has 0 radical (unpaired) electrons. The van der Waals surface area contributed by atoms with Gasteiger partial charge in [-0.15, -0.1) is 0 Å². The Bertz CT molecular complexity index is 434. The Morgan fingerprint density at radius 2 is 1.94 bits per heavy atom. The van der Waals surface area contributed by atoms with Crippen LogP contribution in [0.4, 0.5) is 5.69 Å². The van der Waals surface area contributed by atoms with Gasteiger partial charge in [0, 0.05) is 24.8 Å². The minimum atomic E-state index is 0.811. The Labute approximate surface area is 109 Å². The molecule has 2 saturated carbocycles. The van der Waals surface area contributed by atoms with Gasteiger partial charge in [0.2, 0.25) is 0 Å². The van der Waals surface area contributed by atoms with Crippen molar-refractivity contribution in [3.63, 3.8) is 0 Å². The van der Waals surface area contributed by atoms with Gasteiger partial charge in [-0.3, -0.25) is 0 Å². The number of hydrogen-bond donors (Lipinski definition) is 2. The second-order valence-corrected chi connectivity index (χ2v) is 6.25. The predicted octanol–water partition coefficient (Wildman–Crippen LogP) is 2.93. The molecular formula is C16H22N2. The Morgan fingerprint density at radius 1 is 1.17 bits per heavy atom. The van der Waals surface area contributed by atoms with Crippen molar-refractivity contribution in [1.29, 1.82) is 0 Å². The second kappa shape index (κ2) is 4.27. The average molecular weight is 242 g/mol. The average Bonchev–Trinajstić information content (AvgIpc) is 3.29. The van der Waals surface area contributed by atoms with Crippen LogP contribution in [-0.4, -0.2) is 12.6 Å². The minimum Gasteiger partial charge on any atom is -0.384 e. The van der Waals surface area contributed by atoms with E-state index < -0.39 is 0 Å². The molecule has 1 heterocycles. The first kappa shape index (κ1) is 10.9. The minimum absolute atomic E-state index is 0.811. The number of benzene rings is 1. The van der Waals surface area contributed by atoms with Crippen molar-refractivity contribution in [2.75, 3.05) is 11.9 Å². The van der Waals surface area contributed by atoms with Crippen LogP contribution in [0.5, 0.6) is 0 Å². The zero-order chi connectivity index (χ0) is 11.9. The van der Waals surface area contributed by atoms with Crippen LogP contribution >= 0.6 is 0 Å². The SMILES string of the molecule is c1cc2c(cc1CNC(C1CC1)C1CC1)NCC2. The van der Waals surface area contributed by atoms with Crippen molar-refractivity contribution in [3.8, 4) is 0 Å². The smallest absolute Gasteiger partial charge is 0.0376 e. The van der Waals surface area contributed by atoms with E-state index in [1.807, 2.05) is 0 Å². The van der Waals surface area contributed by atoms with E-state index in [4.69, 9.17) is 0 Å². The van der Waals surface area contributed by atoms with Gasteiger partial charge < -0.3 is 10.6 Å². The van der Waals surface area contributed by atoms with Gasteiger partial charge in [0.25, 0.3) is 0 Å². The summed E-state index contributed by atoms with van der Waals surface area (Å²) < 4.78 is 0. The van der Waals surface area contributed by atoms with Crippen LogP contribution in [0.2, 0.25) is 0 Å². The number of rotatable bonds is 5. The number of hydrogen-bond acceptors (Lipinski definition) is 2. The maximum Gasteiger partial charge on any atom is 0.0376 e. The van der Waals surface area contributed by atoms with Crippen LogP contribution < -0.4 is 10.6 Å². The Hall–Kier alpha value is -1.02. The summed E-state index contributed by atoms with van der Waals surface area (Å²) in [6.45, 7) is 2.16. The molecule has 0 spiro atoms. The maximum atomic E-state index is 3.82. The molecule has 2 aliphatic carbocycles. The van der Waals surface area contributed by atoms with E-state index in [0.29, 0.717) is 0 Å². The Morgan fingerprint density at radius 3 is 2.67 bits per heavy atom. The molecule has 2 fully saturated rings. The van der Waals surface area contributed by atoms with Gasteiger partial charge in [-0.1, -0.05) is 12.1 Å². The lowest BCUT2D eigenvalue weighted by atomic mass is 10.1. The van der Waals surface area contributed by atoms with Gasteiger partial charge in [-0.2, -0.15) is 0 Å². The number of fused-ring (bicyclic) bond motifs is 1. The highest BCUT2D eigenvalue weighted by molar-refractivity contribution is 5.57. The van der Waals surface area contributed by atoms with Crippen LogP contribution in [0.1, 0.15) is 36.8 Å². The lowest BCUT2D eigenvalue weighted by Crippen LogP contribution is -2.32. The van der Waals surface area contributed by atoms with Gasteiger partial charge in [0.1, 0.15) is 0 Å². The van der Waals surface area contributed by atoms with E-state index in [1.54, 1.807) is 0 Å². The standard InChI is InChI=1S/C16H22N2/c1-2-12-7-8-17-15(12)9-11(1)10-18-16(13-3-4-13)14-5-6-14/h1-2,9,13-14,16-18H,3-8,10H2. The van der Waals surface area contributed by atoms with Gasteiger partial charge in [-0.05, 0) is 61.1 Å². The highest BCUT2D eigenvalue weighted by atomic mass is 14.9. The molecule has 0 unspecified atom stereocenters. The van der Waals surface area contributed by atoms with Crippen molar-refractivity contribution < 1.29 is 0 Å². The number of nitrogens with one attached hydrogen (secondary N) is 2. The first-order valence-electron chi connectivity index (χ1n) is 7.49. The highest BCUT2D eigenvalue weighted by Gasteiger charge is 2.40. The van der Waals surface area contributed by atoms with E-state index in [-0.39, 0.29) is 0 Å². The monoisotopic (exact) mass is 242 g/mol. The molecule has 1 aromatic rings. The van der Waals surface area contributed by atoms with Crippen molar-refractivity contribution >= 4 is 5.69 Å². The third-order valence-corrected chi connectivity index (χ3v) is 4.69. The van der Waals surface area contributed by atoms with Crippen molar-refractivity contribution in [2.45, 2.75) is 44.7 Å². The zero-order valence-electron chi connectivity index (χ0n) is 10.9. The third-order valence-electron chi connectivity index (χ3n) is 4.69. The fourth-order valence-electron chi connectivity index (χ4n) is 3.31. The Balaban J connectivity index is 1.41. The third kappa shape index (κ3) is 2.14. The molecule has 2 heteroatoms. The number of anilines is 1. The van der Waals surface area contributed by atoms with Crippen LogP contribution in [0.25, 0.3) is 0 Å². The molecule has 1 aliphatic heterocycles. The summed E-state index contributed by atoms with van der Waals surface area (Å²) in [4.78, 5) is 0. The molecule has 2 N–H and O–H groups in total. The lowest BCUT2D eigenvalue weighted by Gasteiger charge is -2.18. The summed E-state index contributed by atoms with van der Waals surface area (Å²) in [6, 6.07) is 7.75. The van der Waals surface area contributed by atoms with Gasteiger partial charge >= 0.3 is 0 Å². The molecule has 0 aromatic heterocycles. The van der Waals surface area contributed by atoms with Crippen LogP contribution in [-0.2, 0) is 13.0 Å². The summed E-state index contributed by atoms with van der Waals surface area (Å²) >= 11 is 0. The summed E-state index contributed by atoms with van der Waals surface area (Å²) in [5, 5.41) is 7.29. The van der Waals surface area contributed by atoms with E-state index in [1.165, 1.54) is 48.9 Å². The van der Waals surface area contributed by atoms with Crippen LogP contribution in [0, 0.1) is 11.8 Å². The Kier molecular flexibility index (Phi) is 2.58. The largest absolute Gasteiger partial charge is 0.384 e. The van der Waals surface area contributed by atoms with E-state index in [0.717, 1.165) is 31.0 Å². The van der Waals surface area contributed by atoms with E-state index in [9.17, 15) is 0 Å². The molecular weight excluding hydrogens is 220 g/mol. The van der Waals surface area contributed by atoms with Gasteiger partial charge in [0.05, 0.1) is 0 Å². The van der Waals surface area contributed by atoms with E-state index >= 15 is 0 Å². The molecule has 18 heavy (non-hydrogen) atoms. The maximum absolute atomic E-state index is 3.82. The lowest BCUT2D eigenvalue weighted by molar-refractivity contribution is 0.416. The summed E-state index contributed by atoms with van der Waals surface area (Å²) in [7, 11) is 0. The second-order valence-electron chi connectivity index (χ2n) is 6.25. The normalized spacial score (nSPS) is 22.1. The summed E-state index contributed by atoms with van der Waals surface area (Å²) in [6.07, 6.45) is 7.02. The van der Waals surface area contributed by atoms with Crippen LogP contribution in [0.3, 0.4) is 0 Å². The molecule has 3 aliphatic rings. The first-order valence-corrected chi connectivity index (χ1v) is 7.49. The topological polar surface area (TPSA) is 24.1 Å². The summed E-state index contributed by atoms with van der Waals surface area (Å²) in [5.41, 5.74) is 4.29. The molecule has 0 saturated heterocycles. The van der Waals surface area contributed by atoms with Crippen LogP contribution in [0.15, 0.2) is 18.2 Å². The molecule has 0 atom stereocenters. The quantitative estimate of drug-likeness (QED) is 0.829. The van der Waals surface area contributed by atoms with Gasteiger partial charge in [0.15, 0.2) is 0 Å². The zero-order valence-corrected chi connectivity index (χ0v) is 10.9. The fourth-order valence-corrected chi connectivity index (χ4v) is 3.31. The molecule has 0 amide bonds. The highest BCUT2D eigenvalue weighted by Crippen LogP contribution is 2.44. The summed E-state index contributed by atoms with van der Waals surface area (Å²) in [5.74, 6) is 1.98. The molecule has 4 rings (SSSR count). The van der Waals surface area contributed by atoms with Crippen molar-refractivity contribution in [3.05, 3.63) is 29.3 Å². The predicted molar refractivity (Wildman–Crippen MR) is 74.7 cm³/mol. The first-order chi connectivity index (χ1) is 8.90. The molecule has 2 nitrogen and oxygen atoms in total. The molecule has 0 bridgehead atoms.